The molecule has 1 N–H and O–H groups in total. The molecule has 1 amide bonds. The molecule has 0 bridgehead atoms. The van der Waals surface area contributed by atoms with E-state index in [1.807, 2.05) is 0 Å². The van der Waals surface area contributed by atoms with Crippen LogP contribution >= 0.6 is 11.6 Å². The van der Waals surface area contributed by atoms with Crippen molar-refractivity contribution in [2.24, 2.45) is 0 Å². The highest BCUT2D eigenvalue weighted by Gasteiger charge is 2.12. The Morgan fingerprint density at radius 1 is 1.12 bits per heavy atom. The van der Waals surface area contributed by atoms with E-state index >= 15 is 0 Å². The van der Waals surface area contributed by atoms with Crippen LogP contribution in [0.1, 0.15) is 10.4 Å². The molecular weight excluding hydrogens is 363 g/mol. The van der Waals surface area contributed by atoms with Crippen molar-refractivity contribution in [3.05, 3.63) is 58.9 Å². The third kappa shape index (κ3) is 5.68. The summed E-state index contributed by atoms with van der Waals surface area (Å²) in [6.07, 6.45) is 0. The number of rotatable bonds is 6. The quantitative estimate of drug-likeness (QED) is 0.780. The van der Waals surface area contributed by atoms with Crippen molar-refractivity contribution in [1.29, 1.82) is 0 Å². The Hall–Kier alpha value is -2.74. The number of hydrogen-bond acceptors (Lipinski definition) is 4. The Morgan fingerprint density at radius 2 is 1.80 bits per heavy atom. The molecule has 25 heavy (non-hydrogen) atoms. The van der Waals surface area contributed by atoms with E-state index < -0.39 is 30.9 Å². The Labute approximate surface area is 145 Å². The van der Waals surface area contributed by atoms with Gasteiger partial charge < -0.3 is 14.8 Å². The van der Waals surface area contributed by atoms with Crippen LogP contribution < -0.4 is 10.1 Å². The summed E-state index contributed by atoms with van der Waals surface area (Å²) in [7, 11) is 0. The van der Waals surface area contributed by atoms with Gasteiger partial charge >= 0.3 is 12.6 Å². The normalized spacial score (nSPS) is 10.4. The lowest BCUT2D eigenvalue weighted by molar-refractivity contribution is -0.119. The van der Waals surface area contributed by atoms with Crippen molar-refractivity contribution in [3.63, 3.8) is 0 Å². The average Bonchev–Trinajstić information content (AvgIpc) is 2.56. The maximum absolute atomic E-state index is 13.0. The van der Waals surface area contributed by atoms with Gasteiger partial charge in [0.1, 0.15) is 11.6 Å². The van der Waals surface area contributed by atoms with Gasteiger partial charge in [-0.25, -0.2) is 9.18 Å². The van der Waals surface area contributed by atoms with Crippen molar-refractivity contribution < 1.29 is 32.2 Å². The number of hydrogen-bond donors (Lipinski definition) is 1. The summed E-state index contributed by atoms with van der Waals surface area (Å²) >= 11 is 5.58. The Morgan fingerprint density at radius 3 is 2.40 bits per heavy atom. The minimum Gasteiger partial charge on any atom is -0.452 e. The summed E-state index contributed by atoms with van der Waals surface area (Å²) < 4.78 is 46.0. The van der Waals surface area contributed by atoms with E-state index in [0.29, 0.717) is 0 Å². The van der Waals surface area contributed by atoms with Gasteiger partial charge in [0.05, 0.1) is 10.6 Å². The highest BCUT2D eigenvalue weighted by molar-refractivity contribution is 6.31. The van der Waals surface area contributed by atoms with Gasteiger partial charge in [0.2, 0.25) is 0 Å². The number of benzene rings is 2. The van der Waals surface area contributed by atoms with Gasteiger partial charge in [-0.1, -0.05) is 11.6 Å². The summed E-state index contributed by atoms with van der Waals surface area (Å²) in [6, 6.07) is 8.36. The summed E-state index contributed by atoms with van der Waals surface area (Å²) in [6.45, 7) is -3.57. The van der Waals surface area contributed by atoms with Crippen molar-refractivity contribution in [1.82, 2.24) is 0 Å². The fourth-order valence-electron chi connectivity index (χ4n) is 1.76. The number of esters is 1. The van der Waals surface area contributed by atoms with Crippen LogP contribution in [0, 0.1) is 5.82 Å². The summed E-state index contributed by atoms with van der Waals surface area (Å²) in [5, 5.41) is 2.21. The van der Waals surface area contributed by atoms with Crippen LogP contribution in [0.2, 0.25) is 5.02 Å². The van der Waals surface area contributed by atoms with Crippen molar-refractivity contribution in [3.8, 4) is 5.75 Å². The predicted octanol–water partition coefficient (Wildman–Crippen LogP) is 3.88. The fraction of sp³-hybridized carbons (Fsp3) is 0.125. The van der Waals surface area contributed by atoms with Crippen molar-refractivity contribution in [2.45, 2.75) is 6.61 Å². The van der Waals surface area contributed by atoms with E-state index in [1.54, 1.807) is 0 Å². The lowest BCUT2D eigenvalue weighted by Crippen LogP contribution is -2.21. The molecule has 0 atom stereocenters. The van der Waals surface area contributed by atoms with Gasteiger partial charge in [0.15, 0.2) is 6.61 Å². The number of carbonyl (C=O) groups excluding carboxylic acids is 2. The van der Waals surface area contributed by atoms with E-state index in [-0.39, 0.29) is 22.0 Å². The van der Waals surface area contributed by atoms with Crippen LogP contribution in [0.4, 0.5) is 18.9 Å². The molecule has 0 fully saturated rings. The minimum atomic E-state index is -2.97. The van der Waals surface area contributed by atoms with Crippen LogP contribution in [0.15, 0.2) is 42.5 Å². The van der Waals surface area contributed by atoms with E-state index in [4.69, 9.17) is 16.3 Å². The number of carbonyl (C=O) groups is 2. The lowest BCUT2D eigenvalue weighted by atomic mass is 10.2. The number of halogens is 4. The fourth-order valence-corrected chi connectivity index (χ4v) is 1.94. The first-order chi connectivity index (χ1) is 11.8. The number of alkyl halides is 2. The Balaban J connectivity index is 1.86. The summed E-state index contributed by atoms with van der Waals surface area (Å²) in [5.41, 5.74) is 0.292. The van der Waals surface area contributed by atoms with E-state index in [0.717, 1.165) is 6.07 Å². The molecular formula is C16H11ClF3NO4. The molecule has 0 aliphatic heterocycles. The average molecular weight is 374 g/mol. The predicted molar refractivity (Wildman–Crippen MR) is 83.4 cm³/mol. The Kier molecular flexibility index (Phi) is 6.24. The molecule has 5 nitrogen and oxygen atoms in total. The van der Waals surface area contributed by atoms with Gasteiger partial charge in [-0.05, 0) is 42.5 Å². The minimum absolute atomic E-state index is 0.0549. The standard InChI is InChI=1S/C16H11ClF3NO4/c17-12-7-10(3-6-13(12)18)21-14(22)8-24-15(23)9-1-4-11(5-2-9)25-16(19)20/h1-7,16H,8H2,(H,21,22). The topological polar surface area (TPSA) is 64.6 Å². The number of amides is 1. The van der Waals surface area contributed by atoms with Crippen LogP contribution in [-0.2, 0) is 9.53 Å². The van der Waals surface area contributed by atoms with Crippen LogP contribution in [-0.4, -0.2) is 25.1 Å². The molecule has 0 saturated heterocycles. The molecule has 2 rings (SSSR count). The maximum atomic E-state index is 13.0. The first-order valence-electron chi connectivity index (χ1n) is 6.82. The first-order valence-corrected chi connectivity index (χ1v) is 7.20. The molecule has 0 aromatic heterocycles. The largest absolute Gasteiger partial charge is 0.452 e. The summed E-state index contributed by atoms with van der Waals surface area (Å²) in [5.74, 6) is -2.23. The van der Waals surface area contributed by atoms with E-state index in [9.17, 15) is 22.8 Å². The van der Waals surface area contributed by atoms with Crippen molar-refractivity contribution in [2.75, 3.05) is 11.9 Å². The first kappa shape index (κ1) is 18.6. The molecule has 0 spiro atoms. The van der Waals surface area contributed by atoms with Gasteiger partial charge in [0, 0.05) is 5.69 Å². The molecule has 0 radical (unpaired) electrons. The molecule has 0 heterocycles. The molecule has 0 aliphatic carbocycles. The highest BCUT2D eigenvalue weighted by atomic mass is 35.5. The highest BCUT2D eigenvalue weighted by Crippen LogP contribution is 2.19. The summed E-state index contributed by atoms with van der Waals surface area (Å²) in [4.78, 5) is 23.5. The third-order valence-electron chi connectivity index (χ3n) is 2.85. The molecule has 0 aliphatic rings. The molecule has 2 aromatic carbocycles. The molecule has 132 valence electrons. The van der Waals surface area contributed by atoms with Gasteiger partial charge in [-0.2, -0.15) is 8.78 Å². The van der Waals surface area contributed by atoms with Gasteiger partial charge in [-0.15, -0.1) is 0 Å². The number of anilines is 1. The van der Waals surface area contributed by atoms with E-state index in [2.05, 4.69) is 10.1 Å². The second-order valence-corrected chi connectivity index (χ2v) is 5.06. The zero-order valence-electron chi connectivity index (χ0n) is 12.5. The zero-order chi connectivity index (χ0) is 18.4. The smallest absolute Gasteiger partial charge is 0.387 e. The SMILES string of the molecule is O=C(COC(=O)c1ccc(OC(F)F)cc1)Nc1ccc(F)c(Cl)c1. The van der Waals surface area contributed by atoms with E-state index in [1.165, 1.54) is 36.4 Å². The maximum Gasteiger partial charge on any atom is 0.387 e. The van der Waals surface area contributed by atoms with Gasteiger partial charge in [0.25, 0.3) is 5.91 Å². The van der Waals surface area contributed by atoms with Crippen LogP contribution in [0.3, 0.4) is 0 Å². The lowest BCUT2D eigenvalue weighted by Gasteiger charge is -2.08. The monoisotopic (exact) mass is 373 g/mol. The van der Waals surface area contributed by atoms with Crippen LogP contribution in [0.5, 0.6) is 5.75 Å². The second kappa shape index (κ2) is 8.39. The Bertz CT molecular complexity index is 768. The van der Waals surface area contributed by atoms with Gasteiger partial charge in [-0.3, -0.25) is 4.79 Å². The van der Waals surface area contributed by atoms with Crippen molar-refractivity contribution >= 4 is 29.2 Å². The zero-order valence-corrected chi connectivity index (χ0v) is 13.2. The van der Waals surface area contributed by atoms with Crippen LogP contribution in [0.25, 0.3) is 0 Å². The number of ether oxygens (including phenoxy) is 2. The third-order valence-corrected chi connectivity index (χ3v) is 3.14. The molecule has 9 heteroatoms. The number of nitrogens with one attached hydrogen (secondary N) is 1. The molecule has 0 saturated carbocycles. The second-order valence-electron chi connectivity index (χ2n) is 4.66. The molecule has 0 unspecified atom stereocenters. The molecule has 2 aromatic rings.